The number of aryl methyl sites for hydroxylation is 1. The molecule has 6 nitrogen and oxygen atoms in total. The lowest BCUT2D eigenvalue weighted by molar-refractivity contribution is 0.0947. The smallest absolute Gasteiger partial charge is 0.255 e. The number of carbonyl (C=O) groups is 1. The van der Waals surface area contributed by atoms with E-state index in [1.165, 1.54) is 0 Å². The molecule has 0 saturated carbocycles. The molecular weight excluding hydrogens is 363 g/mol. The second kappa shape index (κ2) is 7.55. The maximum atomic E-state index is 12.5. The van der Waals surface area contributed by atoms with E-state index in [0.29, 0.717) is 32.9 Å². The first kappa shape index (κ1) is 17.3. The van der Waals surface area contributed by atoms with Crippen LogP contribution in [0.4, 0.5) is 11.5 Å². The molecule has 0 radical (unpaired) electrons. The Bertz CT molecular complexity index is 911. The molecule has 128 valence electrons. The summed E-state index contributed by atoms with van der Waals surface area (Å²) in [4.78, 5) is 16.7. The van der Waals surface area contributed by atoms with Gasteiger partial charge in [0.1, 0.15) is 5.82 Å². The number of hydrogen-bond acceptors (Lipinski definition) is 5. The minimum absolute atomic E-state index is 0.237. The molecule has 8 heteroatoms. The SMILES string of the molecule is Cc1cc(CNC(=O)c2cccnc2Nc2ccc(Cl)c(Cl)c2)on1. The number of anilines is 2. The van der Waals surface area contributed by atoms with Gasteiger partial charge >= 0.3 is 0 Å². The van der Waals surface area contributed by atoms with Crippen LogP contribution in [0.1, 0.15) is 21.8 Å². The van der Waals surface area contributed by atoms with E-state index >= 15 is 0 Å². The van der Waals surface area contributed by atoms with Crippen molar-refractivity contribution in [3.05, 3.63) is 69.7 Å². The molecule has 1 aromatic carbocycles. The minimum atomic E-state index is -0.287. The molecule has 2 N–H and O–H groups in total. The van der Waals surface area contributed by atoms with Crippen LogP contribution in [0.15, 0.2) is 47.1 Å². The summed E-state index contributed by atoms with van der Waals surface area (Å²) in [5.74, 6) is 0.700. The van der Waals surface area contributed by atoms with Crippen molar-refractivity contribution in [1.29, 1.82) is 0 Å². The Morgan fingerprint density at radius 2 is 2.04 bits per heavy atom. The summed E-state index contributed by atoms with van der Waals surface area (Å²) in [6.07, 6.45) is 1.59. The van der Waals surface area contributed by atoms with Crippen molar-refractivity contribution in [3.8, 4) is 0 Å². The number of amides is 1. The van der Waals surface area contributed by atoms with Gasteiger partial charge in [0.05, 0.1) is 27.8 Å². The van der Waals surface area contributed by atoms with Crippen LogP contribution in [0.3, 0.4) is 0 Å². The van der Waals surface area contributed by atoms with Gasteiger partial charge in [-0.1, -0.05) is 28.4 Å². The van der Waals surface area contributed by atoms with Crippen LogP contribution in [0.25, 0.3) is 0 Å². The summed E-state index contributed by atoms with van der Waals surface area (Å²) in [5, 5.41) is 10.5. The van der Waals surface area contributed by atoms with E-state index in [4.69, 9.17) is 27.7 Å². The van der Waals surface area contributed by atoms with Crippen LogP contribution in [0, 0.1) is 6.92 Å². The number of halogens is 2. The van der Waals surface area contributed by atoms with Gasteiger partial charge in [0.25, 0.3) is 5.91 Å². The maximum Gasteiger partial charge on any atom is 0.255 e. The van der Waals surface area contributed by atoms with E-state index in [-0.39, 0.29) is 12.5 Å². The summed E-state index contributed by atoms with van der Waals surface area (Å²) >= 11 is 11.9. The summed E-state index contributed by atoms with van der Waals surface area (Å²) in [6.45, 7) is 2.05. The average Bonchev–Trinajstić information content (AvgIpc) is 3.02. The molecule has 0 spiro atoms. The lowest BCUT2D eigenvalue weighted by Gasteiger charge is -2.11. The zero-order valence-corrected chi connectivity index (χ0v) is 14.7. The monoisotopic (exact) mass is 376 g/mol. The van der Waals surface area contributed by atoms with Crippen LogP contribution in [-0.4, -0.2) is 16.0 Å². The zero-order chi connectivity index (χ0) is 17.8. The van der Waals surface area contributed by atoms with Crippen LogP contribution in [0.2, 0.25) is 10.0 Å². The Balaban J connectivity index is 1.75. The minimum Gasteiger partial charge on any atom is -0.359 e. The van der Waals surface area contributed by atoms with E-state index in [9.17, 15) is 4.79 Å². The molecule has 1 amide bonds. The number of nitrogens with zero attached hydrogens (tertiary/aromatic N) is 2. The van der Waals surface area contributed by atoms with Crippen LogP contribution >= 0.6 is 23.2 Å². The number of hydrogen-bond donors (Lipinski definition) is 2. The maximum absolute atomic E-state index is 12.5. The van der Waals surface area contributed by atoms with Crippen molar-refractivity contribution >= 4 is 40.6 Å². The Hall–Kier alpha value is -2.57. The van der Waals surface area contributed by atoms with E-state index < -0.39 is 0 Å². The molecule has 0 unspecified atom stereocenters. The topological polar surface area (TPSA) is 80.0 Å². The van der Waals surface area contributed by atoms with Crippen molar-refractivity contribution < 1.29 is 9.32 Å². The molecule has 0 aliphatic rings. The van der Waals surface area contributed by atoms with Gasteiger partial charge < -0.3 is 15.2 Å². The molecule has 0 atom stereocenters. The van der Waals surface area contributed by atoms with Gasteiger partial charge in [-0.15, -0.1) is 0 Å². The predicted octanol–water partition coefficient (Wildman–Crippen LogP) is 4.36. The van der Waals surface area contributed by atoms with Crippen LogP contribution in [-0.2, 0) is 6.54 Å². The van der Waals surface area contributed by atoms with Crippen molar-refractivity contribution in [1.82, 2.24) is 15.5 Å². The molecule has 0 bridgehead atoms. The molecule has 0 fully saturated rings. The van der Waals surface area contributed by atoms with Crippen molar-refractivity contribution in [2.45, 2.75) is 13.5 Å². The third-order valence-corrected chi connectivity index (χ3v) is 4.07. The third-order valence-electron chi connectivity index (χ3n) is 3.33. The normalized spacial score (nSPS) is 10.5. The quantitative estimate of drug-likeness (QED) is 0.691. The van der Waals surface area contributed by atoms with Gasteiger partial charge in [-0.25, -0.2) is 4.98 Å². The highest BCUT2D eigenvalue weighted by molar-refractivity contribution is 6.42. The fourth-order valence-corrected chi connectivity index (χ4v) is 2.46. The molecular formula is C17H14Cl2N4O2. The lowest BCUT2D eigenvalue weighted by Crippen LogP contribution is -2.23. The highest BCUT2D eigenvalue weighted by atomic mass is 35.5. The number of rotatable bonds is 5. The average molecular weight is 377 g/mol. The fourth-order valence-electron chi connectivity index (χ4n) is 2.16. The lowest BCUT2D eigenvalue weighted by atomic mass is 10.2. The fraction of sp³-hybridized carbons (Fsp3) is 0.118. The van der Waals surface area contributed by atoms with Crippen LogP contribution < -0.4 is 10.6 Å². The Morgan fingerprint density at radius 3 is 2.76 bits per heavy atom. The van der Waals surface area contributed by atoms with E-state index in [1.54, 1.807) is 42.6 Å². The van der Waals surface area contributed by atoms with Crippen molar-refractivity contribution in [2.75, 3.05) is 5.32 Å². The number of nitrogens with one attached hydrogen (secondary N) is 2. The van der Waals surface area contributed by atoms with Gasteiger partial charge in [0.2, 0.25) is 0 Å². The summed E-state index contributed by atoms with van der Waals surface area (Å²) in [7, 11) is 0. The first-order valence-electron chi connectivity index (χ1n) is 7.40. The Morgan fingerprint density at radius 1 is 1.20 bits per heavy atom. The number of aromatic nitrogens is 2. The second-order valence-corrected chi connectivity index (χ2v) is 6.09. The van der Waals surface area contributed by atoms with Gasteiger partial charge in [-0.3, -0.25) is 4.79 Å². The Labute approximate surface area is 154 Å². The molecule has 3 aromatic rings. The number of benzene rings is 1. The number of pyridine rings is 1. The van der Waals surface area contributed by atoms with Crippen molar-refractivity contribution in [2.24, 2.45) is 0 Å². The zero-order valence-electron chi connectivity index (χ0n) is 13.2. The molecule has 3 rings (SSSR count). The van der Waals surface area contributed by atoms with Gasteiger partial charge in [-0.05, 0) is 37.3 Å². The highest BCUT2D eigenvalue weighted by Gasteiger charge is 2.13. The van der Waals surface area contributed by atoms with Crippen molar-refractivity contribution in [3.63, 3.8) is 0 Å². The van der Waals surface area contributed by atoms with Gasteiger partial charge in [-0.2, -0.15) is 0 Å². The molecule has 0 saturated heterocycles. The van der Waals surface area contributed by atoms with E-state index in [0.717, 1.165) is 5.69 Å². The molecule has 0 aliphatic carbocycles. The predicted molar refractivity (Wildman–Crippen MR) is 96.4 cm³/mol. The standard InChI is InChI=1S/C17H14Cl2N4O2/c1-10-7-12(25-23-10)9-21-17(24)13-3-2-6-20-16(13)22-11-4-5-14(18)15(19)8-11/h2-8H,9H2,1H3,(H,20,22)(H,21,24). The largest absolute Gasteiger partial charge is 0.359 e. The molecule has 0 aliphatic heterocycles. The Kier molecular flexibility index (Phi) is 5.21. The third kappa shape index (κ3) is 4.29. The molecule has 2 heterocycles. The van der Waals surface area contributed by atoms with Gasteiger partial charge in [0, 0.05) is 18.0 Å². The first-order valence-corrected chi connectivity index (χ1v) is 8.16. The van der Waals surface area contributed by atoms with Gasteiger partial charge in [0.15, 0.2) is 5.76 Å². The summed E-state index contributed by atoms with van der Waals surface area (Å²) in [6, 6.07) is 10.2. The first-order chi connectivity index (χ1) is 12.0. The summed E-state index contributed by atoms with van der Waals surface area (Å²) in [5.41, 5.74) is 1.82. The van der Waals surface area contributed by atoms with E-state index in [2.05, 4.69) is 20.8 Å². The summed E-state index contributed by atoms with van der Waals surface area (Å²) < 4.78 is 5.08. The highest BCUT2D eigenvalue weighted by Crippen LogP contribution is 2.27. The van der Waals surface area contributed by atoms with E-state index in [1.807, 2.05) is 6.92 Å². The number of carbonyl (C=O) groups excluding carboxylic acids is 1. The second-order valence-electron chi connectivity index (χ2n) is 5.27. The molecule has 2 aromatic heterocycles. The molecule has 25 heavy (non-hydrogen) atoms. The van der Waals surface area contributed by atoms with Crippen LogP contribution in [0.5, 0.6) is 0 Å².